The summed E-state index contributed by atoms with van der Waals surface area (Å²) in [6, 6.07) is 16.6. The van der Waals surface area contributed by atoms with Crippen LogP contribution in [0.15, 0.2) is 54.6 Å². The summed E-state index contributed by atoms with van der Waals surface area (Å²) < 4.78 is 5.75. The summed E-state index contributed by atoms with van der Waals surface area (Å²) in [5.74, 6) is 0.0968. The lowest BCUT2D eigenvalue weighted by molar-refractivity contribution is -0.154. The molecule has 1 aliphatic carbocycles. The van der Waals surface area contributed by atoms with E-state index in [1.807, 2.05) is 44.2 Å². The van der Waals surface area contributed by atoms with E-state index in [2.05, 4.69) is 5.32 Å². The highest BCUT2D eigenvalue weighted by Gasteiger charge is 2.58. The van der Waals surface area contributed by atoms with Crippen molar-refractivity contribution in [1.82, 2.24) is 0 Å². The van der Waals surface area contributed by atoms with Crippen LogP contribution in [0.4, 0.5) is 5.69 Å². The third-order valence-electron chi connectivity index (χ3n) is 6.12. The predicted octanol–water partition coefficient (Wildman–Crippen LogP) is 4.94. The predicted molar refractivity (Wildman–Crippen MR) is 104 cm³/mol. The molecule has 1 aliphatic rings. The molecule has 2 aromatic carbocycles. The zero-order chi connectivity index (χ0) is 19.7. The summed E-state index contributed by atoms with van der Waals surface area (Å²) in [5.41, 5.74) is -0.859. The second-order valence-corrected chi connectivity index (χ2v) is 7.88. The number of carboxylic acid groups (broad SMARTS) is 1. The van der Waals surface area contributed by atoms with Crippen molar-refractivity contribution in [2.45, 2.75) is 33.6 Å². The summed E-state index contributed by atoms with van der Waals surface area (Å²) in [5, 5.41) is 12.5. The van der Waals surface area contributed by atoms with E-state index in [1.165, 1.54) is 0 Å². The Hall–Kier alpha value is -2.82. The van der Waals surface area contributed by atoms with Gasteiger partial charge in [-0.1, -0.05) is 32.0 Å². The van der Waals surface area contributed by atoms with Gasteiger partial charge in [0.15, 0.2) is 0 Å². The number of carbonyl (C=O) groups is 2. The smallest absolute Gasteiger partial charge is 0.309 e. The van der Waals surface area contributed by atoms with Gasteiger partial charge in [-0.3, -0.25) is 9.59 Å². The highest BCUT2D eigenvalue weighted by atomic mass is 16.5. The van der Waals surface area contributed by atoms with Crippen molar-refractivity contribution < 1.29 is 19.4 Å². The largest absolute Gasteiger partial charge is 0.481 e. The Morgan fingerprint density at radius 3 is 2.15 bits per heavy atom. The van der Waals surface area contributed by atoms with E-state index in [9.17, 15) is 14.7 Å². The summed E-state index contributed by atoms with van der Waals surface area (Å²) in [7, 11) is 0. The molecule has 2 atom stereocenters. The minimum Gasteiger partial charge on any atom is -0.481 e. The number of ether oxygens (including phenoxy) is 1. The van der Waals surface area contributed by atoms with Gasteiger partial charge >= 0.3 is 5.97 Å². The van der Waals surface area contributed by atoms with Crippen LogP contribution in [0.2, 0.25) is 0 Å². The molecule has 2 N–H and O–H groups in total. The molecule has 0 spiro atoms. The van der Waals surface area contributed by atoms with Gasteiger partial charge in [0.05, 0.1) is 5.41 Å². The minimum absolute atomic E-state index is 0.137. The third kappa shape index (κ3) is 3.54. The molecule has 142 valence electrons. The summed E-state index contributed by atoms with van der Waals surface area (Å²) in [4.78, 5) is 24.5. The van der Waals surface area contributed by atoms with E-state index in [4.69, 9.17) is 4.74 Å². The lowest BCUT2D eigenvalue weighted by atomic mass is 9.65. The van der Waals surface area contributed by atoms with E-state index in [0.717, 1.165) is 5.75 Å². The number of anilines is 1. The zero-order valence-corrected chi connectivity index (χ0v) is 15.9. The molecule has 3 rings (SSSR count). The molecule has 0 radical (unpaired) electrons. The van der Waals surface area contributed by atoms with Crippen molar-refractivity contribution in [2.75, 3.05) is 5.32 Å². The summed E-state index contributed by atoms with van der Waals surface area (Å²) >= 11 is 0. The van der Waals surface area contributed by atoms with Crippen LogP contribution in [0, 0.1) is 16.7 Å². The molecule has 2 aromatic rings. The molecular weight excluding hydrogens is 342 g/mol. The second kappa shape index (κ2) is 7.06. The minimum atomic E-state index is -0.900. The highest BCUT2D eigenvalue weighted by Crippen LogP contribution is 2.56. The van der Waals surface area contributed by atoms with Crippen LogP contribution in [0.3, 0.4) is 0 Å². The molecule has 5 heteroatoms. The fourth-order valence-electron chi connectivity index (χ4n) is 3.80. The van der Waals surface area contributed by atoms with E-state index in [1.54, 1.807) is 31.2 Å². The number of benzene rings is 2. The number of nitrogens with one attached hydrogen (secondary N) is 1. The number of carbonyl (C=O) groups excluding carboxylic acids is 1. The van der Waals surface area contributed by atoms with Crippen molar-refractivity contribution in [2.24, 2.45) is 16.7 Å². The van der Waals surface area contributed by atoms with Crippen LogP contribution in [-0.2, 0) is 9.59 Å². The molecular formula is C22H25NO4. The Morgan fingerprint density at radius 2 is 1.59 bits per heavy atom. The average Bonchev–Trinajstić information content (AvgIpc) is 2.88. The van der Waals surface area contributed by atoms with E-state index >= 15 is 0 Å². The maximum atomic E-state index is 12.8. The second-order valence-electron chi connectivity index (χ2n) is 7.88. The van der Waals surface area contributed by atoms with Gasteiger partial charge in [0.2, 0.25) is 5.91 Å². The molecule has 1 fully saturated rings. The van der Waals surface area contributed by atoms with Crippen LogP contribution in [0.1, 0.15) is 33.6 Å². The van der Waals surface area contributed by atoms with Gasteiger partial charge in [-0.15, -0.1) is 0 Å². The lowest BCUT2D eigenvalue weighted by Gasteiger charge is -2.37. The first-order valence-corrected chi connectivity index (χ1v) is 9.11. The van der Waals surface area contributed by atoms with Crippen LogP contribution >= 0.6 is 0 Å². The van der Waals surface area contributed by atoms with Gasteiger partial charge in [0.1, 0.15) is 11.5 Å². The maximum absolute atomic E-state index is 12.8. The average molecular weight is 367 g/mol. The fourth-order valence-corrected chi connectivity index (χ4v) is 3.80. The standard InChI is InChI=1S/C22H25NO4/c1-21(2)18(13-14-22(21,3)20(25)26)19(24)23-15-9-11-17(12-10-15)27-16-7-5-4-6-8-16/h4-12,18H,13-14H2,1-3H3,(H,23,24)(H,25,26). The molecule has 27 heavy (non-hydrogen) atoms. The number of rotatable bonds is 5. The van der Waals surface area contributed by atoms with Gasteiger partial charge < -0.3 is 15.2 Å². The SMILES string of the molecule is CC1(C(=O)O)CCC(C(=O)Nc2ccc(Oc3ccccc3)cc2)C1(C)C. The van der Waals surface area contributed by atoms with Crippen LogP contribution in [-0.4, -0.2) is 17.0 Å². The van der Waals surface area contributed by atoms with Crippen molar-refractivity contribution in [3.05, 3.63) is 54.6 Å². The number of carboxylic acids is 1. The molecule has 0 aromatic heterocycles. The monoisotopic (exact) mass is 367 g/mol. The van der Waals surface area contributed by atoms with Crippen LogP contribution in [0.25, 0.3) is 0 Å². The van der Waals surface area contributed by atoms with E-state index < -0.39 is 16.8 Å². The van der Waals surface area contributed by atoms with Crippen LogP contribution < -0.4 is 10.1 Å². The van der Waals surface area contributed by atoms with Gasteiger partial charge in [0.25, 0.3) is 0 Å². The van der Waals surface area contributed by atoms with Crippen molar-refractivity contribution >= 4 is 17.6 Å². The molecule has 2 unspecified atom stereocenters. The first kappa shape index (κ1) is 19.0. The molecule has 0 saturated heterocycles. The van der Waals surface area contributed by atoms with Crippen molar-refractivity contribution in [3.63, 3.8) is 0 Å². The van der Waals surface area contributed by atoms with Crippen molar-refractivity contribution in [1.29, 1.82) is 0 Å². The molecule has 5 nitrogen and oxygen atoms in total. The topological polar surface area (TPSA) is 75.6 Å². The first-order chi connectivity index (χ1) is 12.7. The van der Waals surface area contributed by atoms with E-state index in [-0.39, 0.29) is 11.8 Å². The Labute approximate surface area is 159 Å². The molecule has 0 aliphatic heterocycles. The number of aliphatic carboxylic acids is 1. The summed E-state index contributed by atoms with van der Waals surface area (Å²) in [6.45, 7) is 5.47. The van der Waals surface area contributed by atoms with Crippen molar-refractivity contribution in [3.8, 4) is 11.5 Å². The lowest BCUT2D eigenvalue weighted by Crippen LogP contribution is -2.43. The van der Waals surface area contributed by atoms with Gasteiger partial charge in [0, 0.05) is 11.6 Å². The highest BCUT2D eigenvalue weighted by molar-refractivity contribution is 5.94. The molecule has 0 bridgehead atoms. The molecule has 1 saturated carbocycles. The normalized spacial score (nSPS) is 23.6. The van der Waals surface area contributed by atoms with Gasteiger partial charge in [-0.25, -0.2) is 0 Å². The Morgan fingerprint density at radius 1 is 1.00 bits per heavy atom. The van der Waals surface area contributed by atoms with Crippen LogP contribution in [0.5, 0.6) is 11.5 Å². The van der Waals surface area contributed by atoms with Gasteiger partial charge in [-0.05, 0) is 61.6 Å². The van der Waals surface area contributed by atoms with Gasteiger partial charge in [-0.2, -0.15) is 0 Å². The van der Waals surface area contributed by atoms with E-state index in [0.29, 0.717) is 24.3 Å². The quantitative estimate of drug-likeness (QED) is 0.784. The number of amides is 1. The maximum Gasteiger partial charge on any atom is 0.309 e. The Kier molecular flexibility index (Phi) is 4.96. The number of hydrogen-bond acceptors (Lipinski definition) is 3. The Balaban J connectivity index is 1.67. The number of para-hydroxylation sites is 1. The summed E-state index contributed by atoms with van der Waals surface area (Å²) in [6.07, 6.45) is 1.06. The number of hydrogen-bond donors (Lipinski definition) is 2. The zero-order valence-electron chi connectivity index (χ0n) is 15.9. The molecule has 0 heterocycles. The third-order valence-corrected chi connectivity index (χ3v) is 6.12. The fraction of sp³-hybridized carbons (Fsp3) is 0.364. The first-order valence-electron chi connectivity index (χ1n) is 9.11. The molecule has 1 amide bonds. The Bertz CT molecular complexity index is 829.